The Balaban J connectivity index is 0.00000180. The number of benzene rings is 1. The van der Waals surface area contributed by atoms with E-state index in [4.69, 9.17) is 16.3 Å². The highest BCUT2D eigenvalue weighted by atomic mass is 127. The van der Waals surface area contributed by atoms with E-state index in [1.807, 2.05) is 18.2 Å². The molecule has 0 atom stereocenters. The van der Waals surface area contributed by atoms with Crippen molar-refractivity contribution in [3.8, 4) is 5.75 Å². The Morgan fingerprint density at radius 1 is 1.47 bits per heavy atom. The van der Waals surface area contributed by atoms with Crippen LogP contribution in [0.2, 0.25) is 5.02 Å². The van der Waals surface area contributed by atoms with E-state index in [9.17, 15) is 0 Å². The van der Waals surface area contributed by atoms with Gasteiger partial charge in [0, 0.05) is 19.6 Å². The Morgan fingerprint density at radius 3 is 2.74 bits per heavy atom. The van der Waals surface area contributed by atoms with Crippen LogP contribution in [-0.2, 0) is 6.54 Å². The number of rotatable bonds is 4. The SMILES string of the molecule is CN=C(NCc1ccc(OC)c(Cl)c1)NC1CC1.I. The first-order valence-corrected chi connectivity index (χ1v) is 6.40. The monoisotopic (exact) mass is 395 g/mol. The van der Waals surface area contributed by atoms with Gasteiger partial charge in [0.25, 0.3) is 0 Å². The van der Waals surface area contributed by atoms with E-state index < -0.39 is 0 Å². The van der Waals surface area contributed by atoms with Gasteiger partial charge in [0.1, 0.15) is 5.75 Å². The van der Waals surface area contributed by atoms with Gasteiger partial charge in [0.15, 0.2) is 5.96 Å². The van der Waals surface area contributed by atoms with Gasteiger partial charge in [-0.3, -0.25) is 4.99 Å². The van der Waals surface area contributed by atoms with E-state index >= 15 is 0 Å². The summed E-state index contributed by atoms with van der Waals surface area (Å²) >= 11 is 6.07. The first-order chi connectivity index (χ1) is 8.72. The minimum Gasteiger partial charge on any atom is -0.495 e. The lowest BCUT2D eigenvalue weighted by Crippen LogP contribution is -2.38. The summed E-state index contributed by atoms with van der Waals surface area (Å²) in [6, 6.07) is 6.35. The summed E-state index contributed by atoms with van der Waals surface area (Å²) in [5.41, 5.74) is 1.10. The number of aliphatic imine (C=N–C) groups is 1. The number of guanidine groups is 1. The molecule has 2 rings (SSSR count). The van der Waals surface area contributed by atoms with Crippen molar-refractivity contribution >= 4 is 41.5 Å². The minimum atomic E-state index is 0. The van der Waals surface area contributed by atoms with Gasteiger partial charge in [0.2, 0.25) is 0 Å². The topological polar surface area (TPSA) is 45.7 Å². The highest BCUT2D eigenvalue weighted by Crippen LogP contribution is 2.24. The molecule has 0 bridgehead atoms. The van der Waals surface area contributed by atoms with E-state index in [0.717, 1.165) is 11.5 Å². The molecule has 1 aliphatic carbocycles. The van der Waals surface area contributed by atoms with Crippen molar-refractivity contribution in [3.63, 3.8) is 0 Å². The molecule has 1 aromatic rings. The molecule has 1 fully saturated rings. The van der Waals surface area contributed by atoms with Crippen LogP contribution in [0.15, 0.2) is 23.2 Å². The van der Waals surface area contributed by atoms with Crippen LogP contribution in [0.5, 0.6) is 5.75 Å². The van der Waals surface area contributed by atoms with Crippen LogP contribution in [0, 0.1) is 0 Å². The number of hydrogen-bond donors (Lipinski definition) is 2. The van der Waals surface area contributed by atoms with Gasteiger partial charge in [-0.25, -0.2) is 0 Å². The Morgan fingerprint density at radius 2 is 2.21 bits per heavy atom. The maximum absolute atomic E-state index is 6.07. The van der Waals surface area contributed by atoms with Gasteiger partial charge in [-0.2, -0.15) is 0 Å². The summed E-state index contributed by atoms with van der Waals surface area (Å²) in [6.07, 6.45) is 2.46. The van der Waals surface area contributed by atoms with Gasteiger partial charge in [-0.05, 0) is 30.5 Å². The third kappa shape index (κ3) is 5.06. The maximum Gasteiger partial charge on any atom is 0.191 e. The molecule has 0 unspecified atom stereocenters. The van der Waals surface area contributed by atoms with Gasteiger partial charge < -0.3 is 15.4 Å². The van der Waals surface area contributed by atoms with Crippen molar-refractivity contribution in [1.82, 2.24) is 10.6 Å². The molecule has 2 N–H and O–H groups in total. The lowest BCUT2D eigenvalue weighted by atomic mass is 10.2. The summed E-state index contributed by atoms with van der Waals surface area (Å²) in [7, 11) is 3.39. The lowest BCUT2D eigenvalue weighted by molar-refractivity contribution is 0.415. The lowest BCUT2D eigenvalue weighted by Gasteiger charge is -2.12. The first kappa shape index (κ1) is 16.4. The van der Waals surface area contributed by atoms with Crippen molar-refractivity contribution in [2.45, 2.75) is 25.4 Å². The summed E-state index contributed by atoms with van der Waals surface area (Å²) in [6.45, 7) is 0.691. The number of methoxy groups -OCH3 is 1. The molecule has 1 aliphatic rings. The Bertz CT molecular complexity index is 450. The van der Waals surface area contributed by atoms with Crippen molar-refractivity contribution in [1.29, 1.82) is 0 Å². The largest absolute Gasteiger partial charge is 0.495 e. The third-order valence-electron chi connectivity index (χ3n) is 2.82. The number of nitrogens with zero attached hydrogens (tertiary/aromatic N) is 1. The van der Waals surface area contributed by atoms with Crippen molar-refractivity contribution in [2.24, 2.45) is 4.99 Å². The molecule has 0 aliphatic heterocycles. The van der Waals surface area contributed by atoms with E-state index in [1.165, 1.54) is 12.8 Å². The average Bonchev–Trinajstić information content (AvgIpc) is 3.18. The maximum atomic E-state index is 6.07. The quantitative estimate of drug-likeness (QED) is 0.468. The van der Waals surface area contributed by atoms with Gasteiger partial charge >= 0.3 is 0 Å². The molecule has 6 heteroatoms. The number of halogens is 2. The molecule has 0 amide bonds. The predicted molar refractivity (Wildman–Crippen MR) is 89.8 cm³/mol. The van der Waals surface area contributed by atoms with Crippen LogP contribution in [0.1, 0.15) is 18.4 Å². The molecule has 0 heterocycles. The van der Waals surface area contributed by atoms with Crippen LogP contribution < -0.4 is 15.4 Å². The molecule has 19 heavy (non-hydrogen) atoms. The molecule has 1 aromatic carbocycles. The first-order valence-electron chi connectivity index (χ1n) is 6.02. The molecule has 0 radical (unpaired) electrons. The highest BCUT2D eigenvalue weighted by molar-refractivity contribution is 14.0. The fourth-order valence-corrected chi connectivity index (χ4v) is 1.90. The zero-order valence-electron chi connectivity index (χ0n) is 11.1. The van der Waals surface area contributed by atoms with Gasteiger partial charge in [-0.15, -0.1) is 24.0 Å². The minimum absolute atomic E-state index is 0. The third-order valence-corrected chi connectivity index (χ3v) is 3.11. The van der Waals surface area contributed by atoms with E-state index in [1.54, 1.807) is 14.2 Å². The van der Waals surface area contributed by atoms with E-state index in [-0.39, 0.29) is 24.0 Å². The second-order valence-electron chi connectivity index (χ2n) is 4.31. The van der Waals surface area contributed by atoms with Crippen LogP contribution in [-0.4, -0.2) is 26.2 Å². The molecule has 1 saturated carbocycles. The molecular weight excluding hydrogens is 377 g/mol. The Labute approximate surface area is 136 Å². The summed E-state index contributed by atoms with van der Waals surface area (Å²) < 4.78 is 5.12. The van der Waals surface area contributed by atoms with Crippen LogP contribution in [0.3, 0.4) is 0 Å². The molecular formula is C13H19ClIN3O. The van der Waals surface area contributed by atoms with E-state index in [0.29, 0.717) is 23.4 Å². The summed E-state index contributed by atoms with van der Waals surface area (Å²) in [4.78, 5) is 4.18. The highest BCUT2D eigenvalue weighted by Gasteiger charge is 2.21. The zero-order chi connectivity index (χ0) is 13.0. The fraction of sp³-hybridized carbons (Fsp3) is 0.462. The number of hydrogen-bond acceptors (Lipinski definition) is 2. The summed E-state index contributed by atoms with van der Waals surface area (Å²) in [5.74, 6) is 1.53. The van der Waals surface area contributed by atoms with Crippen molar-refractivity contribution in [2.75, 3.05) is 14.2 Å². The standard InChI is InChI=1S/C13H18ClN3O.HI/c1-15-13(17-10-4-5-10)16-8-9-3-6-12(18-2)11(14)7-9;/h3,6-7,10H,4-5,8H2,1-2H3,(H2,15,16,17);1H. The fourth-order valence-electron chi connectivity index (χ4n) is 1.62. The van der Waals surface area contributed by atoms with E-state index in [2.05, 4.69) is 15.6 Å². The Hall–Kier alpha value is -0.690. The second-order valence-corrected chi connectivity index (χ2v) is 4.72. The Kier molecular flexibility index (Phi) is 6.71. The average molecular weight is 396 g/mol. The zero-order valence-corrected chi connectivity index (χ0v) is 14.2. The van der Waals surface area contributed by atoms with Crippen LogP contribution in [0.4, 0.5) is 0 Å². The van der Waals surface area contributed by atoms with Crippen molar-refractivity contribution in [3.05, 3.63) is 28.8 Å². The van der Waals surface area contributed by atoms with Crippen LogP contribution >= 0.6 is 35.6 Å². The summed E-state index contributed by atoms with van der Waals surface area (Å²) in [5, 5.41) is 7.22. The predicted octanol–water partition coefficient (Wildman–Crippen LogP) is 2.79. The smallest absolute Gasteiger partial charge is 0.191 e. The molecule has 4 nitrogen and oxygen atoms in total. The van der Waals surface area contributed by atoms with Crippen molar-refractivity contribution < 1.29 is 4.74 Å². The van der Waals surface area contributed by atoms with Gasteiger partial charge in [0.05, 0.1) is 12.1 Å². The van der Waals surface area contributed by atoms with Crippen LogP contribution in [0.25, 0.3) is 0 Å². The second kappa shape index (κ2) is 7.79. The number of nitrogens with one attached hydrogen (secondary N) is 2. The van der Waals surface area contributed by atoms with Gasteiger partial charge in [-0.1, -0.05) is 17.7 Å². The number of ether oxygens (including phenoxy) is 1. The molecule has 0 spiro atoms. The molecule has 0 saturated heterocycles. The molecule has 106 valence electrons. The normalized spacial score (nSPS) is 14.6. The molecule has 0 aromatic heterocycles.